The number of aliphatic hydroxyl groups excluding tert-OH is 1. The van der Waals surface area contributed by atoms with E-state index in [4.69, 9.17) is 10.2 Å². The van der Waals surface area contributed by atoms with Crippen molar-refractivity contribution < 1.29 is 5.11 Å². The summed E-state index contributed by atoms with van der Waals surface area (Å²) in [4.78, 5) is 9.32. The van der Waals surface area contributed by atoms with Crippen LogP contribution in [0, 0.1) is 17.2 Å². The van der Waals surface area contributed by atoms with Gasteiger partial charge in [0.2, 0.25) is 0 Å². The van der Waals surface area contributed by atoms with E-state index in [1.165, 1.54) is 12.8 Å². The highest BCUT2D eigenvalue weighted by molar-refractivity contribution is 6.02. The molecule has 5 nitrogen and oxygen atoms in total. The van der Waals surface area contributed by atoms with Crippen LogP contribution in [0.1, 0.15) is 97.5 Å². The lowest BCUT2D eigenvalue weighted by Crippen LogP contribution is -2.15. The van der Waals surface area contributed by atoms with E-state index in [-0.39, 0.29) is 0 Å². The molecule has 1 aromatic carbocycles. The van der Waals surface area contributed by atoms with Crippen molar-refractivity contribution in [1.29, 1.82) is 5.26 Å². The Morgan fingerprint density at radius 3 is 2.35 bits per heavy atom. The largest absolute Gasteiger partial charge is 0.385 e. The minimum Gasteiger partial charge on any atom is -0.385 e. The normalized spacial score (nSPS) is 14.0. The van der Waals surface area contributed by atoms with Crippen LogP contribution in [0.5, 0.6) is 0 Å². The van der Waals surface area contributed by atoms with Gasteiger partial charge in [-0.15, -0.1) is 0 Å². The lowest BCUT2D eigenvalue weighted by molar-refractivity contribution is 0.179. The van der Waals surface area contributed by atoms with E-state index < -0.39 is 6.10 Å². The molecule has 0 aliphatic rings. The number of imidazole rings is 1. The predicted molar refractivity (Wildman–Crippen MR) is 129 cm³/mol. The van der Waals surface area contributed by atoms with E-state index in [2.05, 4.69) is 42.5 Å². The maximum atomic E-state index is 10.4. The van der Waals surface area contributed by atoms with Crippen molar-refractivity contribution in [2.45, 2.75) is 91.7 Å². The molecule has 0 saturated heterocycles. The SMILES string of the molecule is CCCC#N.CCCC(CCC(C)CC)n1c([C@@H](C)O)nc2cnc3ccccc3c21. The summed E-state index contributed by atoms with van der Waals surface area (Å²) in [5, 5.41) is 19.4. The molecule has 3 rings (SSSR count). The summed E-state index contributed by atoms with van der Waals surface area (Å²) in [5.41, 5.74) is 2.98. The second kappa shape index (κ2) is 12.4. The van der Waals surface area contributed by atoms with Gasteiger partial charge in [-0.3, -0.25) is 4.98 Å². The molecular weight excluding hydrogens is 384 g/mol. The molecule has 5 heteroatoms. The van der Waals surface area contributed by atoms with Gasteiger partial charge in [-0.2, -0.15) is 5.26 Å². The fraction of sp³-hybridized carbons (Fsp3) is 0.577. The lowest BCUT2D eigenvalue weighted by Gasteiger charge is -2.24. The van der Waals surface area contributed by atoms with Crippen LogP contribution < -0.4 is 0 Å². The number of nitrogens with zero attached hydrogens (tertiary/aromatic N) is 4. The summed E-state index contributed by atoms with van der Waals surface area (Å²) in [6.45, 7) is 10.6. The summed E-state index contributed by atoms with van der Waals surface area (Å²) < 4.78 is 2.32. The molecular formula is C26H38N4O. The Morgan fingerprint density at radius 2 is 1.77 bits per heavy atom. The third kappa shape index (κ3) is 6.27. The van der Waals surface area contributed by atoms with Crippen molar-refractivity contribution in [2.24, 2.45) is 5.92 Å². The average Bonchev–Trinajstić information content (AvgIpc) is 3.18. The van der Waals surface area contributed by atoms with Crippen LogP contribution in [0.4, 0.5) is 0 Å². The first-order chi connectivity index (χ1) is 15.0. The number of hydrogen-bond acceptors (Lipinski definition) is 4. The van der Waals surface area contributed by atoms with Gasteiger partial charge in [0, 0.05) is 17.8 Å². The highest BCUT2D eigenvalue weighted by atomic mass is 16.3. The second-order valence-electron chi connectivity index (χ2n) is 8.47. The number of para-hydroxylation sites is 1. The van der Waals surface area contributed by atoms with Crippen LogP contribution in [0.25, 0.3) is 21.9 Å². The van der Waals surface area contributed by atoms with Crippen LogP contribution in [-0.4, -0.2) is 19.6 Å². The summed E-state index contributed by atoms with van der Waals surface area (Å²) in [5.74, 6) is 1.48. The first kappa shape index (κ1) is 24.8. The zero-order valence-electron chi connectivity index (χ0n) is 19.8. The van der Waals surface area contributed by atoms with Gasteiger partial charge in [0.15, 0.2) is 0 Å². The Morgan fingerprint density at radius 1 is 1.03 bits per heavy atom. The maximum absolute atomic E-state index is 10.4. The van der Waals surface area contributed by atoms with Crippen molar-refractivity contribution in [3.05, 3.63) is 36.3 Å². The standard InChI is InChI=1S/C22H31N3O.C4H7N/c1-5-9-17(13-12-15(3)6-2)25-21-18-10-7-8-11-19(18)23-14-20(21)24-22(25)16(4)26;1-2-3-4-5/h7-8,10-11,14-17,26H,5-6,9,12-13H2,1-4H3;2-3H2,1H3/t15?,16-,17?;/m1./s1. The number of aliphatic hydroxyl groups is 1. The number of unbranched alkanes of at least 4 members (excludes halogenated alkanes) is 1. The van der Waals surface area contributed by atoms with Crippen LogP contribution in [-0.2, 0) is 0 Å². The minimum atomic E-state index is -0.593. The van der Waals surface area contributed by atoms with Gasteiger partial charge in [-0.1, -0.05) is 58.7 Å². The van der Waals surface area contributed by atoms with Crippen molar-refractivity contribution in [3.8, 4) is 6.07 Å². The Bertz CT molecular complexity index is 986. The maximum Gasteiger partial charge on any atom is 0.138 e. The Labute approximate surface area is 187 Å². The van der Waals surface area contributed by atoms with Gasteiger partial charge in [0.25, 0.3) is 0 Å². The van der Waals surface area contributed by atoms with Gasteiger partial charge in [0.1, 0.15) is 17.4 Å². The Hall–Kier alpha value is -2.45. The number of fused-ring (bicyclic) bond motifs is 3. The van der Waals surface area contributed by atoms with Crippen molar-refractivity contribution in [2.75, 3.05) is 0 Å². The van der Waals surface area contributed by atoms with Gasteiger partial charge < -0.3 is 9.67 Å². The molecule has 0 spiro atoms. The van der Waals surface area contributed by atoms with Crippen molar-refractivity contribution in [1.82, 2.24) is 14.5 Å². The molecule has 2 unspecified atom stereocenters. The topological polar surface area (TPSA) is 74.7 Å². The highest BCUT2D eigenvalue weighted by Gasteiger charge is 2.23. The number of aromatic nitrogens is 3. The summed E-state index contributed by atoms with van der Waals surface area (Å²) in [7, 11) is 0. The number of hydrogen-bond donors (Lipinski definition) is 1. The predicted octanol–water partition coefficient (Wildman–Crippen LogP) is 7.12. The molecule has 0 amide bonds. The van der Waals surface area contributed by atoms with E-state index in [1.54, 1.807) is 0 Å². The van der Waals surface area contributed by atoms with E-state index in [0.29, 0.717) is 12.5 Å². The molecule has 3 aromatic rings. The first-order valence-electron chi connectivity index (χ1n) is 11.8. The number of pyridine rings is 1. The zero-order chi connectivity index (χ0) is 22.8. The fourth-order valence-corrected chi connectivity index (χ4v) is 3.94. The molecule has 0 bridgehead atoms. The van der Waals surface area contributed by atoms with Crippen LogP contribution in [0.15, 0.2) is 30.5 Å². The van der Waals surface area contributed by atoms with E-state index in [9.17, 15) is 5.11 Å². The molecule has 3 atom stereocenters. The molecule has 1 N–H and O–H groups in total. The monoisotopic (exact) mass is 422 g/mol. The lowest BCUT2D eigenvalue weighted by atomic mass is 9.96. The molecule has 2 heterocycles. The number of benzene rings is 1. The third-order valence-electron chi connectivity index (χ3n) is 5.86. The highest BCUT2D eigenvalue weighted by Crippen LogP contribution is 2.34. The third-order valence-corrected chi connectivity index (χ3v) is 5.86. The van der Waals surface area contributed by atoms with E-state index >= 15 is 0 Å². The average molecular weight is 423 g/mol. The van der Waals surface area contributed by atoms with Crippen molar-refractivity contribution >= 4 is 21.9 Å². The molecule has 0 saturated carbocycles. The number of nitriles is 1. The summed E-state index contributed by atoms with van der Waals surface area (Å²) in [6, 6.07) is 10.6. The van der Waals surface area contributed by atoms with E-state index in [0.717, 1.165) is 59.4 Å². The molecule has 2 aromatic heterocycles. The molecule has 168 valence electrons. The van der Waals surface area contributed by atoms with Gasteiger partial charge in [0.05, 0.1) is 23.3 Å². The summed E-state index contributed by atoms with van der Waals surface area (Å²) >= 11 is 0. The summed E-state index contributed by atoms with van der Waals surface area (Å²) in [6.07, 6.45) is 8.66. The first-order valence-corrected chi connectivity index (χ1v) is 11.8. The molecule has 0 fully saturated rings. The molecule has 0 radical (unpaired) electrons. The van der Waals surface area contributed by atoms with Crippen LogP contribution in [0.2, 0.25) is 0 Å². The Kier molecular flexibility index (Phi) is 9.94. The Balaban J connectivity index is 0.000000614. The van der Waals surface area contributed by atoms with Crippen LogP contribution in [0.3, 0.4) is 0 Å². The van der Waals surface area contributed by atoms with Gasteiger partial charge >= 0.3 is 0 Å². The minimum absolute atomic E-state index is 0.356. The van der Waals surface area contributed by atoms with E-state index in [1.807, 2.05) is 38.2 Å². The smallest absolute Gasteiger partial charge is 0.138 e. The van der Waals surface area contributed by atoms with Gasteiger partial charge in [-0.25, -0.2) is 4.98 Å². The molecule has 0 aliphatic heterocycles. The molecule has 0 aliphatic carbocycles. The number of rotatable bonds is 9. The second-order valence-corrected chi connectivity index (χ2v) is 8.47. The zero-order valence-corrected chi connectivity index (χ0v) is 19.8. The fourth-order valence-electron chi connectivity index (χ4n) is 3.94. The van der Waals surface area contributed by atoms with Crippen LogP contribution >= 0.6 is 0 Å². The quantitative estimate of drug-likeness (QED) is 0.398. The van der Waals surface area contributed by atoms with Gasteiger partial charge in [-0.05, 0) is 44.6 Å². The molecule has 31 heavy (non-hydrogen) atoms. The van der Waals surface area contributed by atoms with Crippen molar-refractivity contribution in [3.63, 3.8) is 0 Å².